The van der Waals surface area contributed by atoms with Gasteiger partial charge >= 0.3 is 0 Å². The van der Waals surface area contributed by atoms with E-state index in [0.29, 0.717) is 12.0 Å². The van der Waals surface area contributed by atoms with E-state index < -0.39 is 0 Å². The Labute approximate surface area is 112 Å². The number of nitrogens with zero attached hydrogens (tertiary/aromatic N) is 1. The molecule has 18 heavy (non-hydrogen) atoms. The molecule has 0 aromatic heterocycles. The molecule has 0 radical (unpaired) electrons. The van der Waals surface area contributed by atoms with Gasteiger partial charge in [0.15, 0.2) is 0 Å². The molecule has 0 aromatic rings. The lowest BCUT2D eigenvalue weighted by molar-refractivity contribution is 0.0200. The van der Waals surface area contributed by atoms with Gasteiger partial charge in [0.25, 0.3) is 0 Å². The maximum atomic E-state index is 6.15. The summed E-state index contributed by atoms with van der Waals surface area (Å²) in [4.78, 5) is 2.73. The van der Waals surface area contributed by atoms with Crippen molar-refractivity contribution in [2.75, 3.05) is 19.8 Å². The second-order valence-electron chi connectivity index (χ2n) is 6.53. The lowest BCUT2D eigenvalue weighted by Gasteiger charge is -2.48. The lowest BCUT2D eigenvalue weighted by Crippen LogP contribution is -2.55. The van der Waals surface area contributed by atoms with Crippen molar-refractivity contribution >= 4 is 0 Å². The molecule has 0 spiro atoms. The molecule has 3 nitrogen and oxygen atoms in total. The molecule has 2 rings (SSSR count). The molecule has 2 fully saturated rings. The molecule has 2 unspecified atom stereocenters. The first-order valence-electron chi connectivity index (χ1n) is 7.76. The number of nitrogens with two attached hydrogens (primary N) is 1. The quantitative estimate of drug-likeness (QED) is 0.740. The molecule has 2 bridgehead atoms. The van der Waals surface area contributed by atoms with Gasteiger partial charge in [-0.3, -0.25) is 4.90 Å². The van der Waals surface area contributed by atoms with E-state index in [0.717, 1.165) is 25.3 Å². The van der Waals surface area contributed by atoms with Gasteiger partial charge in [0.2, 0.25) is 0 Å². The number of ether oxygens (including phenoxy) is 1. The van der Waals surface area contributed by atoms with Crippen LogP contribution in [0.1, 0.15) is 52.4 Å². The summed E-state index contributed by atoms with van der Waals surface area (Å²) in [7, 11) is 0. The number of piperidine rings is 2. The largest absolute Gasteiger partial charge is 0.381 e. The topological polar surface area (TPSA) is 38.5 Å². The minimum absolute atomic E-state index is 0.453. The number of hydrogen-bond acceptors (Lipinski definition) is 3. The third-order valence-corrected chi connectivity index (χ3v) is 4.32. The van der Waals surface area contributed by atoms with E-state index in [1.165, 1.54) is 45.1 Å². The van der Waals surface area contributed by atoms with Crippen LogP contribution in [0.3, 0.4) is 0 Å². The first-order chi connectivity index (χ1) is 8.66. The monoisotopic (exact) mass is 254 g/mol. The second-order valence-corrected chi connectivity index (χ2v) is 6.53. The summed E-state index contributed by atoms with van der Waals surface area (Å²) in [5, 5.41) is 0. The van der Waals surface area contributed by atoms with E-state index in [1.54, 1.807) is 0 Å². The highest BCUT2D eigenvalue weighted by atomic mass is 16.5. The van der Waals surface area contributed by atoms with E-state index in [2.05, 4.69) is 18.7 Å². The average molecular weight is 254 g/mol. The zero-order valence-electron chi connectivity index (χ0n) is 12.1. The van der Waals surface area contributed by atoms with Gasteiger partial charge in [0.05, 0.1) is 0 Å². The highest BCUT2D eigenvalue weighted by molar-refractivity contribution is 4.93. The van der Waals surface area contributed by atoms with Crippen molar-refractivity contribution in [3.8, 4) is 0 Å². The van der Waals surface area contributed by atoms with Crippen LogP contribution in [0.5, 0.6) is 0 Å². The van der Waals surface area contributed by atoms with E-state index in [-0.39, 0.29) is 0 Å². The van der Waals surface area contributed by atoms with Gasteiger partial charge in [-0.25, -0.2) is 0 Å². The third kappa shape index (κ3) is 3.94. The zero-order chi connectivity index (χ0) is 13.0. The van der Waals surface area contributed by atoms with Crippen molar-refractivity contribution in [2.45, 2.75) is 70.5 Å². The van der Waals surface area contributed by atoms with Crippen LogP contribution in [-0.2, 0) is 4.74 Å². The van der Waals surface area contributed by atoms with Gasteiger partial charge in [-0.05, 0) is 38.0 Å². The molecule has 2 N–H and O–H groups in total. The minimum Gasteiger partial charge on any atom is -0.381 e. The Morgan fingerprint density at radius 2 is 1.89 bits per heavy atom. The Kier molecular flexibility index (Phi) is 5.46. The highest BCUT2D eigenvalue weighted by Gasteiger charge is 2.36. The molecule has 0 amide bonds. The average Bonchev–Trinajstić information content (AvgIpc) is 2.28. The first kappa shape index (κ1) is 14.3. The van der Waals surface area contributed by atoms with Crippen LogP contribution in [0.15, 0.2) is 0 Å². The predicted molar refractivity (Wildman–Crippen MR) is 75.6 cm³/mol. The Morgan fingerprint density at radius 1 is 1.22 bits per heavy atom. The van der Waals surface area contributed by atoms with Crippen molar-refractivity contribution in [1.29, 1.82) is 0 Å². The van der Waals surface area contributed by atoms with Gasteiger partial charge in [-0.15, -0.1) is 0 Å². The standard InChI is InChI=1S/C15H30N2O/c1-12(2)11-18-8-4-7-17-14-5-3-6-15(17)10-13(16)9-14/h12-15H,3-11,16H2,1-2H3. The molecule has 2 heterocycles. The summed E-state index contributed by atoms with van der Waals surface area (Å²) >= 11 is 0. The molecular weight excluding hydrogens is 224 g/mol. The summed E-state index contributed by atoms with van der Waals surface area (Å²) in [5.74, 6) is 0.650. The van der Waals surface area contributed by atoms with E-state index in [1.807, 2.05) is 0 Å². The molecule has 2 aliphatic rings. The zero-order valence-corrected chi connectivity index (χ0v) is 12.1. The Hall–Kier alpha value is -0.120. The summed E-state index contributed by atoms with van der Waals surface area (Å²) in [6.45, 7) is 7.44. The first-order valence-corrected chi connectivity index (χ1v) is 7.76. The van der Waals surface area contributed by atoms with Gasteiger partial charge in [0.1, 0.15) is 0 Å². The number of fused-ring (bicyclic) bond motifs is 2. The van der Waals surface area contributed by atoms with Crippen molar-refractivity contribution in [3.05, 3.63) is 0 Å². The van der Waals surface area contributed by atoms with Gasteiger partial charge in [0, 0.05) is 37.9 Å². The molecule has 0 aromatic carbocycles. The summed E-state index contributed by atoms with van der Waals surface area (Å²) in [5.41, 5.74) is 6.15. The third-order valence-electron chi connectivity index (χ3n) is 4.32. The van der Waals surface area contributed by atoms with Gasteiger partial charge in [-0.2, -0.15) is 0 Å². The highest BCUT2D eigenvalue weighted by Crippen LogP contribution is 2.33. The normalized spacial score (nSPS) is 33.0. The minimum atomic E-state index is 0.453. The smallest absolute Gasteiger partial charge is 0.0489 e. The molecule has 3 heteroatoms. The summed E-state index contributed by atoms with van der Waals surface area (Å²) in [6, 6.07) is 1.98. The number of hydrogen-bond donors (Lipinski definition) is 1. The molecule has 2 atom stereocenters. The molecule has 106 valence electrons. The number of rotatable bonds is 6. The van der Waals surface area contributed by atoms with Crippen molar-refractivity contribution in [2.24, 2.45) is 11.7 Å². The Balaban J connectivity index is 1.68. The van der Waals surface area contributed by atoms with Crippen LogP contribution < -0.4 is 5.73 Å². The fraction of sp³-hybridized carbons (Fsp3) is 1.00. The van der Waals surface area contributed by atoms with Crippen LogP contribution in [0.2, 0.25) is 0 Å². The van der Waals surface area contributed by atoms with Crippen LogP contribution in [0.4, 0.5) is 0 Å². The maximum absolute atomic E-state index is 6.15. The van der Waals surface area contributed by atoms with E-state index in [4.69, 9.17) is 10.5 Å². The van der Waals surface area contributed by atoms with Gasteiger partial charge < -0.3 is 10.5 Å². The van der Waals surface area contributed by atoms with Gasteiger partial charge in [-0.1, -0.05) is 20.3 Å². The molecule has 2 saturated heterocycles. The Morgan fingerprint density at radius 3 is 2.50 bits per heavy atom. The van der Waals surface area contributed by atoms with Crippen LogP contribution in [-0.4, -0.2) is 42.8 Å². The SMILES string of the molecule is CC(C)COCCCN1C2CCCC1CC(N)C2. The van der Waals surface area contributed by atoms with Crippen molar-refractivity contribution in [1.82, 2.24) is 4.90 Å². The van der Waals surface area contributed by atoms with Crippen LogP contribution in [0, 0.1) is 5.92 Å². The molecular formula is C15H30N2O. The van der Waals surface area contributed by atoms with Crippen LogP contribution in [0.25, 0.3) is 0 Å². The Bertz CT molecular complexity index is 231. The molecule has 0 saturated carbocycles. The fourth-order valence-electron chi connectivity index (χ4n) is 3.55. The molecule has 2 aliphatic heterocycles. The summed E-state index contributed by atoms with van der Waals surface area (Å²) in [6.07, 6.45) is 7.72. The predicted octanol–water partition coefficient (Wildman–Crippen LogP) is 2.39. The maximum Gasteiger partial charge on any atom is 0.0489 e. The summed E-state index contributed by atoms with van der Waals surface area (Å²) < 4.78 is 5.68. The fourth-order valence-corrected chi connectivity index (χ4v) is 3.55. The van der Waals surface area contributed by atoms with Crippen molar-refractivity contribution in [3.63, 3.8) is 0 Å². The van der Waals surface area contributed by atoms with E-state index in [9.17, 15) is 0 Å². The van der Waals surface area contributed by atoms with Crippen molar-refractivity contribution < 1.29 is 4.74 Å². The van der Waals surface area contributed by atoms with E-state index >= 15 is 0 Å². The second kappa shape index (κ2) is 6.88. The molecule has 0 aliphatic carbocycles. The van der Waals surface area contributed by atoms with Crippen LogP contribution >= 0.6 is 0 Å². The lowest BCUT2D eigenvalue weighted by atomic mass is 9.82.